The van der Waals surface area contributed by atoms with Gasteiger partial charge in [-0.25, -0.2) is 0 Å². The zero-order chi connectivity index (χ0) is 10.1. The third-order valence-electron chi connectivity index (χ3n) is 3.12. The van der Waals surface area contributed by atoms with E-state index in [1.165, 1.54) is 35.9 Å². The number of benzene rings is 1. The van der Waals surface area contributed by atoms with Crippen molar-refractivity contribution in [1.82, 2.24) is 0 Å². The van der Waals surface area contributed by atoms with Crippen molar-refractivity contribution < 1.29 is 0 Å². The van der Waals surface area contributed by atoms with Gasteiger partial charge in [0.1, 0.15) is 0 Å². The average Bonchev–Trinajstić information content (AvgIpc) is 2.28. The fourth-order valence-corrected chi connectivity index (χ4v) is 2.50. The number of fused-ring (bicyclic) bond motifs is 1. The Morgan fingerprint density at radius 3 is 3.00 bits per heavy atom. The molecule has 2 rings (SSSR count). The van der Waals surface area contributed by atoms with Crippen LogP contribution >= 0.6 is 9.24 Å². The van der Waals surface area contributed by atoms with Crippen molar-refractivity contribution in [3.63, 3.8) is 0 Å². The minimum atomic E-state index is 0.704. The maximum Gasteiger partial charge on any atom is 0.0399 e. The summed E-state index contributed by atoms with van der Waals surface area (Å²) in [4.78, 5) is 2.38. The SMILES string of the molecule is CC1CCCN(C)c2ccc(P)cc21. The molecule has 0 spiro atoms. The Bertz CT molecular complexity index is 335. The first-order valence-corrected chi connectivity index (χ1v) is 5.87. The molecule has 1 aromatic rings. The Hall–Kier alpha value is -0.550. The van der Waals surface area contributed by atoms with E-state index < -0.39 is 0 Å². The van der Waals surface area contributed by atoms with Crippen molar-refractivity contribution >= 4 is 20.2 Å². The highest BCUT2D eigenvalue weighted by atomic mass is 31.0. The van der Waals surface area contributed by atoms with Crippen molar-refractivity contribution in [2.24, 2.45) is 0 Å². The summed E-state index contributed by atoms with van der Waals surface area (Å²) in [6.45, 7) is 3.52. The Labute approximate surface area is 88.7 Å². The van der Waals surface area contributed by atoms with Gasteiger partial charge in [-0.3, -0.25) is 0 Å². The zero-order valence-electron chi connectivity index (χ0n) is 8.96. The molecule has 0 bridgehead atoms. The molecule has 2 atom stereocenters. The summed E-state index contributed by atoms with van der Waals surface area (Å²) in [7, 11) is 4.98. The van der Waals surface area contributed by atoms with Gasteiger partial charge in [-0.05, 0) is 41.8 Å². The average molecular weight is 207 g/mol. The smallest absolute Gasteiger partial charge is 0.0399 e. The maximum atomic E-state index is 2.79. The monoisotopic (exact) mass is 207 g/mol. The summed E-state index contributed by atoms with van der Waals surface area (Å²) in [6.07, 6.45) is 2.62. The number of anilines is 1. The quantitative estimate of drug-likeness (QED) is 0.591. The molecule has 1 nitrogen and oxygen atoms in total. The predicted octanol–water partition coefficient (Wildman–Crippen LogP) is 2.52. The Morgan fingerprint density at radius 2 is 2.21 bits per heavy atom. The molecule has 0 radical (unpaired) electrons. The van der Waals surface area contributed by atoms with Crippen molar-refractivity contribution in [2.45, 2.75) is 25.7 Å². The number of hydrogen-bond acceptors (Lipinski definition) is 1. The van der Waals surface area contributed by atoms with Crippen molar-refractivity contribution in [3.05, 3.63) is 23.8 Å². The number of rotatable bonds is 0. The molecule has 1 aliphatic heterocycles. The summed E-state index contributed by atoms with van der Waals surface area (Å²) in [5.41, 5.74) is 2.93. The molecule has 2 heteroatoms. The molecular weight excluding hydrogens is 189 g/mol. The molecule has 0 aromatic heterocycles. The molecule has 0 saturated carbocycles. The topological polar surface area (TPSA) is 3.24 Å². The molecule has 1 aromatic carbocycles. The highest BCUT2D eigenvalue weighted by Crippen LogP contribution is 2.32. The van der Waals surface area contributed by atoms with Gasteiger partial charge in [0, 0.05) is 19.3 Å². The maximum absolute atomic E-state index is 2.79. The van der Waals surface area contributed by atoms with Gasteiger partial charge in [0.2, 0.25) is 0 Å². The standard InChI is InChI=1S/C12H18NP/c1-9-4-3-7-13(2)12-6-5-10(14)8-11(9)12/h5-6,8-9H,3-4,7,14H2,1-2H3. The van der Waals surface area contributed by atoms with Crippen LogP contribution in [0, 0.1) is 0 Å². The van der Waals surface area contributed by atoms with Crippen LogP contribution in [0.25, 0.3) is 0 Å². The van der Waals surface area contributed by atoms with Gasteiger partial charge in [0.15, 0.2) is 0 Å². The van der Waals surface area contributed by atoms with E-state index in [2.05, 4.69) is 46.3 Å². The van der Waals surface area contributed by atoms with E-state index in [0.717, 1.165) is 0 Å². The predicted molar refractivity (Wildman–Crippen MR) is 66.7 cm³/mol. The molecule has 0 saturated heterocycles. The van der Waals surface area contributed by atoms with E-state index in [9.17, 15) is 0 Å². The largest absolute Gasteiger partial charge is 0.374 e. The third kappa shape index (κ3) is 1.79. The van der Waals surface area contributed by atoms with Crippen LogP contribution < -0.4 is 10.2 Å². The second-order valence-electron chi connectivity index (χ2n) is 4.28. The van der Waals surface area contributed by atoms with Crippen molar-refractivity contribution in [2.75, 3.05) is 18.5 Å². The van der Waals surface area contributed by atoms with E-state index >= 15 is 0 Å². The Kier molecular flexibility index (Phi) is 2.78. The van der Waals surface area contributed by atoms with E-state index in [1.807, 2.05) is 0 Å². The molecule has 0 N–H and O–H groups in total. The van der Waals surface area contributed by atoms with Crippen LogP contribution in [0.15, 0.2) is 18.2 Å². The first kappa shape index (κ1) is 9.98. The first-order chi connectivity index (χ1) is 6.68. The van der Waals surface area contributed by atoms with Crippen molar-refractivity contribution in [3.8, 4) is 0 Å². The van der Waals surface area contributed by atoms with Crippen molar-refractivity contribution in [1.29, 1.82) is 0 Å². The van der Waals surface area contributed by atoms with E-state index in [4.69, 9.17) is 0 Å². The summed E-state index contributed by atoms with van der Waals surface area (Å²) < 4.78 is 0. The van der Waals surface area contributed by atoms with Crippen LogP contribution in [-0.4, -0.2) is 13.6 Å². The van der Waals surface area contributed by atoms with Crippen LogP contribution in [0.5, 0.6) is 0 Å². The lowest BCUT2D eigenvalue weighted by Gasteiger charge is -2.20. The van der Waals surface area contributed by atoms with Gasteiger partial charge in [-0.2, -0.15) is 0 Å². The van der Waals surface area contributed by atoms with Gasteiger partial charge >= 0.3 is 0 Å². The van der Waals surface area contributed by atoms with Gasteiger partial charge in [-0.15, -0.1) is 9.24 Å². The lowest BCUT2D eigenvalue weighted by atomic mass is 9.96. The van der Waals surface area contributed by atoms with Gasteiger partial charge in [0.05, 0.1) is 0 Å². The highest BCUT2D eigenvalue weighted by molar-refractivity contribution is 7.27. The normalized spacial score (nSPS) is 21.6. The molecule has 1 aliphatic rings. The van der Waals surface area contributed by atoms with E-state index in [-0.39, 0.29) is 0 Å². The van der Waals surface area contributed by atoms with Crippen LogP contribution in [0.4, 0.5) is 5.69 Å². The Balaban J connectivity index is 2.48. The minimum absolute atomic E-state index is 0.704. The number of hydrogen-bond donors (Lipinski definition) is 0. The molecule has 76 valence electrons. The summed E-state index contributed by atoms with van der Waals surface area (Å²) >= 11 is 0. The lowest BCUT2D eigenvalue weighted by molar-refractivity contribution is 0.657. The fourth-order valence-electron chi connectivity index (χ4n) is 2.23. The lowest BCUT2D eigenvalue weighted by Crippen LogP contribution is -2.18. The molecular formula is C12H18NP. The second kappa shape index (κ2) is 3.90. The molecule has 0 fully saturated rings. The van der Waals surface area contributed by atoms with Crippen LogP contribution in [0.1, 0.15) is 31.2 Å². The molecule has 0 aliphatic carbocycles. The molecule has 2 unspecified atom stereocenters. The molecule has 14 heavy (non-hydrogen) atoms. The van der Waals surface area contributed by atoms with Crippen LogP contribution in [0.3, 0.4) is 0 Å². The fraction of sp³-hybridized carbons (Fsp3) is 0.500. The highest BCUT2D eigenvalue weighted by Gasteiger charge is 2.17. The summed E-state index contributed by atoms with van der Waals surface area (Å²) in [5.74, 6) is 0.704. The van der Waals surface area contributed by atoms with Gasteiger partial charge < -0.3 is 4.90 Å². The summed E-state index contributed by atoms with van der Waals surface area (Å²) in [6, 6.07) is 6.74. The van der Waals surface area contributed by atoms with Gasteiger partial charge in [-0.1, -0.05) is 13.0 Å². The Morgan fingerprint density at radius 1 is 1.43 bits per heavy atom. The minimum Gasteiger partial charge on any atom is -0.374 e. The second-order valence-corrected chi connectivity index (χ2v) is 4.95. The van der Waals surface area contributed by atoms with Gasteiger partial charge in [0.25, 0.3) is 0 Å². The van der Waals surface area contributed by atoms with Crippen LogP contribution in [-0.2, 0) is 0 Å². The zero-order valence-corrected chi connectivity index (χ0v) is 10.1. The van der Waals surface area contributed by atoms with E-state index in [1.54, 1.807) is 0 Å². The molecule has 1 heterocycles. The molecule has 0 amide bonds. The van der Waals surface area contributed by atoms with Crippen LogP contribution in [0.2, 0.25) is 0 Å². The third-order valence-corrected chi connectivity index (χ3v) is 3.48. The number of nitrogens with zero attached hydrogens (tertiary/aromatic N) is 1. The van der Waals surface area contributed by atoms with E-state index in [0.29, 0.717) is 5.92 Å². The summed E-state index contributed by atoms with van der Waals surface area (Å²) in [5, 5.41) is 1.30. The first-order valence-electron chi connectivity index (χ1n) is 5.29.